The highest BCUT2D eigenvalue weighted by Gasteiger charge is 2.19. The third-order valence-corrected chi connectivity index (χ3v) is 12.6. The Morgan fingerprint density at radius 3 is 0.871 bits per heavy atom. The molecule has 0 spiro atoms. The van der Waals surface area contributed by atoms with Gasteiger partial charge in [0, 0.05) is 19.3 Å². The van der Waals surface area contributed by atoms with E-state index in [4.69, 9.17) is 14.2 Å². The number of esters is 3. The highest BCUT2D eigenvalue weighted by Crippen LogP contribution is 2.16. The molecule has 0 aromatic carbocycles. The van der Waals surface area contributed by atoms with Crippen molar-refractivity contribution in [3.63, 3.8) is 0 Å². The molecule has 0 rings (SSSR count). The lowest BCUT2D eigenvalue weighted by Crippen LogP contribution is -2.30. The Kier molecular flexibility index (Phi) is 55.3. The Balaban J connectivity index is 4.38. The number of hydrogen-bond acceptors (Lipinski definition) is 6. The van der Waals surface area contributed by atoms with E-state index >= 15 is 0 Å². The second kappa shape index (κ2) is 58.2. The van der Waals surface area contributed by atoms with E-state index < -0.39 is 6.10 Å². The zero-order chi connectivity index (χ0) is 50.7. The molecule has 0 radical (unpaired) electrons. The molecule has 1 atom stereocenters. The molecule has 6 nitrogen and oxygen atoms in total. The summed E-state index contributed by atoms with van der Waals surface area (Å²) in [6.45, 7) is 6.42. The van der Waals surface area contributed by atoms with Gasteiger partial charge in [0.15, 0.2) is 6.10 Å². The van der Waals surface area contributed by atoms with Gasteiger partial charge in [-0.3, -0.25) is 14.4 Å². The van der Waals surface area contributed by atoms with E-state index in [-0.39, 0.29) is 31.1 Å². The molecule has 1 unspecified atom stereocenters. The van der Waals surface area contributed by atoms with Gasteiger partial charge in [0.2, 0.25) is 0 Å². The molecular weight excluding hydrogens is 865 g/mol. The van der Waals surface area contributed by atoms with Crippen molar-refractivity contribution in [3.8, 4) is 0 Å². The molecule has 0 N–H and O–H groups in total. The standard InChI is InChI=1S/C64H110O6/c1-4-7-10-13-16-19-22-25-28-30-31-32-33-34-37-39-42-45-48-51-54-57-63(66)69-60-61(59-68-62(65)56-53-50-47-44-41-38-35-27-24-21-18-15-12-9-6-3)70-64(67)58-55-52-49-46-43-40-36-29-26-23-20-17-14-11-8-5-2/h7,9-10,12,16,18-19,21,25,27-28,31-32,35,61H,4-6,8,11,13-15,17,20,22-24,26,29-30,33-34,36-60H2,1-3H3/b10-7-,12-9-,19-16-,21-18-,28-25-,32-31-,35-27-. The van der Waals surface area contributed by atoms with Crippen LogP contribution in [0, 0.1) is 0 Å². The van der Waals surface area contributed by atoms with E-state index in [1.807, 2.05) is 0 Å². The summed E-state index contributed by atoms with van der Waals surface area (Å²) >= 11 is 0. The van der Waals surface area contributed by atoms with E-state index in [0.717, 1.165) is 128 Å². The second-order valence-corrected chi connectivity index (χ2v) is 19.5. The first-order chi connectivity index (χ1) is 34.5. The number of carbonyl (C=O) groups is 3. The third kappa shape index (κ3) is 55.5. The summed E-state index contributed by atoms with van der Waals surface area (Å²) in [5, 5.41) is 0. The number of ether oxygens (including phenoxy) is 3. The van der Waals surface area contributed by atoms with Crippen LogP contribution in [-0.2, 0) is 28.6 Å². The Morgan fingerprint density at radius 1 is 0.300 bits per heavy atom. The summed E-state index contributed by atoms with van der Waals surface area (Å²) in [6, 6.07) is 0. The van der Waals surface area contributed by atoms with E-state index in [0.29, 0.717) is 19.3 Å². The summed E-state index contributed by atoms with van der Waals surface area (Å²) in [4.78, 5) is 38.2. The minimum absolute atomic E-state index is 0.0846. The second-order valence-electron chi connectivity index (χ2n) is 19.5. The fourth-order valence-electron chi connectivity index (χ4n) is 8.27. The first-order valence-electron chi connectivity index (χ1n) is 29.6. The van der Waals surface area contributed by atoms with Crippen LogP contribution in [0.1, 0.15) is 284 Å². The average Bonchev–Trinajstić information content (AvgIpc) is 3.36. The maximum Gasteiger partial charge on any atom is 0.306 e. The SMILES string of the molecule is CC/C=C\C/C=C\C/C=C\C/C=C\CCCCCCCCCCC(=O)OCC(COC(=O)CCCCCCC/C=C\C/C=C\C/C=C\CC)OC(=O)CCCCCCCCCCCCCCCCCC. The molecule has 6 heteroatoms. The van der Waals surface area contributed by atoms with Crippen LogP contribution in [0.5, 0.6) is 0 Å². The van der Waals surface area contributed by atoms with Gasteiger partial charge < -0.3 is 14.2 Å². The first-order valence-corrected chi connectivity index (χ1v) is 29.6. The van der Waals surface area contributed by atoms with E-state index in [1.165, 1.54) is 116 Å². The van der Waals surface area contributed by atoms with Crippen molar-refractivity contribution in [1.29, 1.82) is 0 Å². The number of allylic oxidation sites excluding steroid dienone is 14. The van der Waals surface area contributed by atoms with Crippen LogP contribution in [0.4, 0.5) is 0 Å². The summed E-state index contributed by atoms with van der Waals surface area (Å²) < 4.78 is 16.9. The van der Waals surface area contributed by atoms with Crippen LogP contribution in [0.2, 0.25) is 0 Å². The molecule has 0 saturated heterocycles. The lowest BCUT2D eigenvalue weighted by Gasteiger charge is -2.18. The molecule has 0 bridgehead atoms. The average molecular weight is 976 g/mol. The van der Waals surface area contributed by atoms with Gasteiger partial charge in [-0.1, -0.05) is 260 Å². The first kappa shape index (κ1) is 66.6. The lowest BCUT2D eigenvalue weighted by molar-refractivity contribution is -0.167. The molecule has 402 valence electrons. The number of hydrogen-bond donors (Lipinski definition) is 0. The van der Waals surface area contributed by atoms with Gasteiger partial charge in [0.1, 0.15) is 13.2 Å². The Hall–Kier alpha value is -3.41. The smallest absolute Gasteiger partial charge is 0.306 e. The summed E-state index contributed by atoms with van der Waals surface area (Å²) in [5.41, 5.74) is 0. The quantitative estimate of drug-likeness (QED) is 0.0261. The van der Waals surface area contributed by atoms with Crippen LogP contribution in [0.15, 0.2) is 85.1 Å². The Bertz CT molecular complexity index is 1350. The molecule has 0 amide bonds. The van der Waals surface area contributed by atoms with Crippen molar-refractivity contribution in [3.05, 3.63) is 85.1 Å². The van der Waals surface area contributed by atoms with Gasteiger partial charge in [0.25, 0.3) is 0 Å². The highest BCUT2D eigenvalue weighted by atomic mass is 16.6. The molecule has 0 aromatic rings. The number of carbonyl (C=O) groups excluding carboxylic acids is 3. The number of rotatable bonds is 53. The molecule has 0 saturated carbocycles. The van der Waals surface area contributed by atoms with Crippen molar-refractivity contribution >= 4 is 17.9 Å². The van der Waals surface area contributed by atoms with Crippen molar-refractivity contribution in [2.45, 2.75) is 290 Å². The normalized spacial score (nSPS) is 12.7. The minimum atomic E-state index is -0.786. The Labute approximate surface area is 433 Å². The molecule has 0 aliphatic rings. The van der Waals surface area contributed by atoms with Crippen LogP contribution >= 0.6 is 0 Å². The molecule has 0 aliphatic carbocycles. The van der Waals surface area contributed by atoms with Crippen molar-refractivity contribution in [1.82, 2.24) is 0 Å². The molecule has 0 heterocycles. The topological polar surface area (TPSA) is 78.9 Å². The highest BCUT2D eigenvalue weighted by molar-refractivity contribution is 5.71. The van der Waals surface area contributed by atoms with E-state index in [1.54, 1.807) is 0 Å². The van der Waals surface area contributed by atoms with Gasteiger partial charge in [-0.05, 0) is 89.9 Å². The van der Waals surface area contributed by atoms with E-state index in [9.17, 15) is 14.4 Å². The molecule has 70 heavy (non-hydrogen) atoms. The zero-order valence-corrected chi connectivity index (χ0v) is 46.0. The fourth-order valence-corrected chi connectivity index (χ4v) is 8.27. The van der Waals surface area contributed by atoms with Crippen LogP contribution in [0.3, 0.4) is 0 Å². The summed E-state index contributed by atoms with van der Waals surface area (Å²) in [5.74, 6) is -0.899. The number of unbranched alkanes of at least 4 members (excludes halogenated alkanes) is 28. The third-order valence-electron chi connectivity index (χ3n) is 12.6. The largest absolute Gasteiger partial charge is 0.462 e. The predicted molar refractivity (Wildman–Crippen MR) is 302 cm³/mol. The van der Waals surface area contributed by atoms with Crippen molar-refractivity contribution in [2.75, 3.05) is 13.2 Å². The van der Waals surface area contributed by atoms with Gasteiger partial charge in [-0.15, -0.1) is 0 Å². The summed E-state index contributed by atoms with van der Waals surface area (Å²) in [6.07, 6.45) is 75.7. The zero-order valence-electron chi connectivity index (χ0n) is 46.0. The van der Waals surface area contributed by atoms with Crippen LogP contribution in [0.25, 0.3) is 0 Å². The monoisotopic (exact) mass is 975 g/mol. The van der Waals surface area contributed by atoms with Gasteiger partial charge >= 0.3 is 17.9 Å². The Morgan fingerprint density at radius 2 is 0.557 bits per heavy atom. The predicted octanol–water partition coefficient (Wildman–Crippen LogP) is 19.9. The minimum Gasteiger partial charge on any atom is -0.462 e. The van der Waals surface area contributed by atoms with Crippen molar-refractivity contribution < 1.29 is 28.6 Å². The molecule has 0 fully saturated rings. The van der Waals surface area contributed by atoms with Crippen molar-refractivity contribution in [2.24, 2.45) is 0 Å². The van der Waals surface area contributed by atoms with E-state index in [2.05, 4.69) is 106 Å². The molecule has 0 aromatic heterocycles. The van der Waals surface area contributed by atoms with Crippen LogP contribution < -0.4 is 0 Å². The summed E-state index contributed by atoms with van der Waals surface area (Å²) in [7, 11) is 0. The van der Waals surface area contributed by atoms with Gasteiger partial charge in [-0.2, -0.15) is 0 Å². The van der Waals surface area contributed by atoms with Gasteiger partial charge in [-0.25, -0.2) is 0 Å². The molecular formula is C64H110O6. The molecule has 0 aliphatic heterocycles. The lowest BCUT2D eigenvalue weighted by atomic mass is 10.0. The van der Waals surface area contributed by atoms with Crippen LogP contribution in [-0.4, -0.2) is 37.2 Å². The fraction of sp³-hybridized carbons (Fsp3) is 0.734. The maximum absolute atomic E-state index is 12.9. The maximum atomic E-state index is 12.9. The van der Waals surface area contributed by atoms with Gasteiger partial charge in [0.05, 0.1) is 0 Å².